The van der Waals surface area contributed by atoms with Gasteiger partial charge in [-0.05, 0) is 62.8 Å². The molecule has 19 heavy (non-hydrogen) atoms. The molecule has 2 rings (SSSR count). The first-order valence-electron chi connectivity index (χ1n) is 7.71. The van der Waals surface area contributed by atoms with Gasteiger partial charge in [-0.25, -0.2) is 0 Å². The topological polar surface area (TPSA) is 23.5 Å². The third-order valence-electron chi connectivity index (χ3n) is 4.54. The van der Waals surface area contributed by atoms with Gasteiger partial charge >= 0.3 is 0 Å². The quantitative estimate of drug-likeness (QED) is 0.870. The van der Waals surface area contributed by atoms with Crippen LogP contribution in [0.5, 0.6) is 5.75 Å². The number of likely N-dealkylation sites (tertiary alicyclic amines) is 1. The smallest absolute Gasteiger partial charge is 0.115 e. The standard InChI is InChI=1S/C17H27NO/c1-3-15-5-4-12-18(13-15)14(2)6-7-16-8-10-17(19)11-9-16/h8-11,14-15,19H,3-7,12-13H2,1-2H3. The predicted molar refractivity (Wildman–Crippen MR) is 80.5 cm³/mol. The molecular weight excluding hydrogens is 234 g/mol. The maximum atomic E-state index is 9.29. The van der Waals surface area contributed by atoms with E-state index in [0.29, 0.717) is 11.8 Å². The molecule has 2 nitrogen and oxygen atoms in total. The highest BCUT2D eigenvalue weighted by Gasteiger charge is 2.22. The van der Waals surface area contributed by atoms with Crippen molar-refractivity contribution >= 4 is 0 Å². The molecule has 1 aliphatic heterocycles. The van der Waals surface area contributed by atoms with Crippen LogP contribution in [0.2, 0.25) is 0 Å². The Balaban J connectivity index is 1.80. The van der Waals surface area contributed by atoms with Crippen molar-refractivity contribution in [2.45, 2.75) is 52.0 Å². The fourth-order valence-electron chi connectivity index (χ4n) is 3.05. The lowest BCUT2D eigenvalue weighted by atomic mass is 9.93. The van der Waals surface area contributed by atoms with Crippen molar-refractivity contribution in [1.82, 2.24) is 4.90 Å². The molecule has 0 spiro atoms. The second-order valence-corrected chi connectivity index (χ2v) is 5.97. The lowest BCUT2D eigenvalue weighted by Gasteiger charge is -2.36. The monoisotopic (exact) mass is 261 g/mol. The zero-order valence-electron chi connectivity index (χ0n) is 12.3. The summed E-state index contributed by atoms with van der Waals surface area (Å²) >= 11 is 0. The number of rotatable bonds is 5. The Kier molecular flexibility index (Phi) is 5.26. The van der Waals surface area contributed by atoms with Crippen LogP contribution in [0.3, 0.4) is 0 Å². The lowest BCUT2D eigenvalue weighted by Crippen LogP contribution is -2.41. The Bertz CT molecular complexity index is 373. The molecule has 1 aromatic carbocycles. The summed E-state index contributed by atoms with van der Waals surface area (Å²) in [7, 11) is 0. The average Bonchev–Trinajstić information content (AvgIpc) is 2.46. The first-order chi connectivity index (χ1) is 9.19. The van der Waals surface area contributed by atoms with E-state index in [4.69, 9.17) is 0 Å². The summed E-state index contributed by atoms with van der Waals surface area (Å²) in [6.45, 7) is 7.23. The zero-order chi connectivity index (χ0) is 13.7. The van der Waals surface area contributed by atoms with Gasteiger partial charge in [-0.15, -0.1) is 0 Å². The van der Waals surface area contributed by atoms with Crippen LogP contribution in [-0.4, -0.2) is 29.1 Å². The minimum atomic E-state index is 0.360. The summed E-state index contributed by atoms with van der Waals surface area (Å²) in [5, 5.41) is 9.29. The number of nitrogens with zero attached hydrogens (tertiary/aromatic N) is 1. The van der Waals surface area contributed by atoms with Gasteiger partial charge in [0.2, 0.25) is 0 Å². The number of aryl methyl sites for hydroxylation is 1. The molecular formula is C17H27NO. The lowest BCUT2D eigenvalue weighted by molar-refractivity contribution is 0.124. The molecule has 0 aliphatic carbocycles. The van der Waals surface area contributed by atoms with E-state index < -0.39 is 0 Å². The van der Waals surface area contributed by atoms with Crippen molar-refractivity contribution in [3.05, 3.63) is 29.8 Å². The summed E-state index contributed by atoms with van der Waals surface area (Å²) in [6, 6.07) is 8.31. The van der Waals surface area contributed by atoms with E-state index in [0.717, 1.165) is 12.3 Å². The van der Waals surface area contributed by atoms with Crippen molar-refractivity contribution in [2.75, 3.05) is 13.1 Å². The maximum absolute atomic E-state index is 9.29. The summed E-state index contributed by atoms with van der Waals surface area (Å²) in [4.78, 5) is 2.66. The summed E-state index contributed by atoms with van der Waals surface area (Å²) in [5.41, 5.74) is 1.33. The van der Waals surface area contributed by atoms with E-state index >= 15 is 0 Å². The first-order valence-corrected chi connectivity index (χ1v) is 7.71. The molecule has 2 unspecified atom stereocenters. The molecule has 0 saturated carbocycles. The average molecular weight is 261 g/mol. The molecule has 1 aliphatic rings. The van der Waals surface area contributed by atoms with Crippen LogP contribution in [-0.2, 0) is 6.42 Å². The van der Waals surface area contributed by atoms with Crippen molar-refractivity contribution in [3.63, 3.8) is 0 Å². The van der Waals surface area contributed by atoms with Crippen LogP contribution in [0.4, 0.5) is 0 Å². The maximum Gasteiger partial charge on any atom is 0.115 e. The molecule has 2 atom stereocenters. The van der Waals surface area contributed by atoms with Gasteiger partial charge in [-0.3, -0.25) is 0 Å². The fraction of sp³-hybridized carbons (Fsp3) is 0.647. The second-order valence-electron chi connectivity index (χ2n) is 5.97. The number of aromatic hydroxyl groups is 1. The Labute approximate surface area is 117 Å². The van der Waals surface area contributed by atoms with Gasteiger partial charge in [0.05, 0.1) is 0 Å². The van der Waals surface area contributed by atoms with Crippen LogP contribution in [0.15, 0.2) is 24.3 Å². The van der Waals surface area contributed by atoms with E-state index in [1.54, 1.807) is 12.1 Å². The largest absolute Gasteiger partial charge is 0.508 e. The number of hydrogen-bond acceptors (Lipinski definition) is 2. The van der Waals surface area contributed by atoms with E-state index in [1.807, 2.05) is 12.1 Å². The first kappa shape index (κ1) is 14.4. The van der Waals surface area contributed by atoms with Gasteiger partial charge in [0, 0.05) is 12.6 Å². The van der Waals surface area contributed by atoms with Crippen molar-refractivity contribution in [2.24, 2.45) is 5.92 Å². The van der Waals surface area contributed by atoms with Crippen LogP contribution in [0, 0.1) is 5.92 Å². The van der Waals surface area contributed by atoms with E-state index in [1.165, 1.54) is 44.3 Å². The van der Waals surface area contributed by atoms with Crippen LogP contribution in [0.25, 0.3) is 0 Å². The minimum Gasteiger partial charge on any atom is -0.508 e. The third-order valence-corrected chi connectivity index (χ3v) is 4.54. The summed E-state index contributed by atoms with van der Waals surface area (Å²) < 4.78 is 0. The minimum absolute atomic E-state index is 0.360. The normalized spacial score (nSPS) is 22.3. The molecule has 1 aromatic rings. The fourth-order valence-corrected chi connectivity index (χ4v) is 3.05. The van der Waals surface area contributed by atoms with Gasteiger partial charge in [-0.2, -0.15) is 0 Å². The SMILES string of the molecule is CCC1CCCN(C(C)CCc2ccc(O)cc2)C1. The van der Waals surface area contributed by atoms with Crippen LogP contribution in [0.1, 0.15) is 45.1 Å². The van der Waals surface area contributed by atoms with E-state index in [9.17, 15) is 5.11 Å². The highest BCUT2D eigenvalue weighted by molar-refractivity contribution is 5.25. The predicted octanol–water partition coefficient (Wildman–Crippen LogP) is 3.84. The molecule has 0 aromatic heterocycles. The molecule has 0 bridgehead atoms. The third kappa shape index (κ3) is 4.24. The summed E-state index contributed by atoms with van der Waals surface area (Å²) in [5.74, 6) is 1.27. The van der Waals surface area contributed by atoms with Crippen molar-refractivity contribution in [3.8, 4) is 5.75 Å². The molecule has 106 valence electrons. The van der Waals surface area contributed by atoms with Gasteiger partial charge in [-0.1, -0.05) is 25.5 Å². The van der Waals surface area contributed by atoms with Gasteiger partial charge in [0.25, 0.3) is 0 Å². The highest BCUT2D eigenvalue weighted by atomic mass is 16.3. The van der Waals surface area contributed by atoms with E-state index in [-0.39, 0.29) is 0 Å². The zero-order valence-corrected chi connectivity index (χ0v) is 12.3. The molecule has 1 heterocycles. The molecule has 1 fully saturated rings. The van der Waals surface area contributed by atoms with Crippen molar-refractivity contribution in [1.29, 1.82) is 0 Å². The second kappa shape index (κ2) is 6.95. The number of phenols is 1. The van der Waals surface area contributed by atoms with Crippen LogP contribution < -0.4 is 0 Å². The van der Waals surface area contributed by atoms with Gasteiger partial charge in [0.1, 0.15) is 5.75 Å². The number of piperidine rings is 1. The molecule has 1 N–H and O–H groups in total. The molecule has 0 radical (unpaired) electrons. The molecule has 1 saturated heterocycles. The molecule has 2 heteroatoms. The number of benzene rings is 1. The Morgan fingerprint density at radius 3 is 2.74 bits per heavy atom. The Morgan fingerprint density at radius 1 is 1.32 bits per heavy atom. The van der Waals surface area contributed by atoms with E-state index in [2.05, 4.69) is 18.7 Å². The van der Waals surface area contributed by atoms with Crippen molar-refractivity contribution < 1.29 is 5.11 Å². The van der Waals surface area contributed by atoms with Crippen LogP contribution >= 0.6 is 0 Å². The van der Waals surface area contributed by atoms with Gasteiger partial charge < -0.3 is 10.0 Å². The number of phenolic OH excluding ortho intramolecular Hbond substituents is 1. The van der Waals surface area contributed by atoms with Gasteiger partial charge in [0.15, 0.2) is 0 Å². The number of hydrogen-bond donors (Lipinski definition) is 1. The Morgan fingerprint density at radius 2 is 2.05 bits per heavy atom. The highest BCUT2D eigenvalue weighted by Crippen LogP contribution is 2.22. The molecule has 0 amide bonds. The Hall–Kier alpha value is -1.02. The summed E-state index contributed by atoms with van der Waals surface area (Å²) in [6.07, 6.45) is 6.41.